The maximum atomic E-state index is 13.5. The lowest BCUT2D eigenvalue weighted by Crippen LogP contribution is -2.43. The molecule has 1 saturated heterocycles. The second-order valence-electron chi connectivity index (χ2n) is 8.81. The molecule has 32 heavy (non-hydrogen) atoms. The first-order valence-corrected chi connectivity index (χ1v) is 11.5. The van der Waals surface area contributed by atoms with E-state index in [1.165, 1.54) is 16.5 Å². The number of para-hydroxylation sites is 1. The predicted octanol–water partition coefficient (Wildman–Crippen LogP) is 4.81. The second-order valence-corrected chi connectivity index (χ2v) is 8.81. The summed E-state index contributed by atoms with van der Waals surface area (Å²) in [6.45, 7) is 5.42. The monoisotopic (exact) mass is 432 g/mol. The van der Waals surface area contributed by atoms with E-state index in [-0.39, 0.29) is 23.7 Å². The van der Waals surface area contributed by atoms with Crippen molar-refractivity contribution in [3.05, 3.63) is 71.4 Å². The van der Waals surface area contributed by atoms with Gasteiger partial charge in [-0.2, -0.15) is 0 Å². The highest BCUT2D eigenvalue weighted by molar-refractivity contribution is 5.87. The number of hydrogen-bond donors (Lipinski definition) is 0. The largest absolute Gasteiger partial charge is 0.466 e. The highest BCUT2D eigenvalue weighted by Crippen LogP contribution is 2.35. The van der Waals surface area contributed by atoms with Crippen LogP contribution in [0.15, 0.2) is 54.7 Å². The number of aryl methyl sites for hydroxylation is 2. The van der Waals surface area contributed by atoms with Crippen molar-refractivity contribution in [3.8, 4) is 0 Å². The molecule has 0 radical (unpaired) electrons. The Balaban J connectivity index is 1.63. The molecule has 0 aliphatic carbocycles. The molecule has 5 nitrogen and oxygen atoms in total. The van der Waals surface area contributed by atoms with Gasteiger partial charge in [-0.25, -0.2) is 0 Å². The Kier molecular flexibility index (Phi) is 6.63. The van der Waals surface area contributed by atoms with E-state index < -0.39 is 0 Å². The van der Waals surface area contributed by atoms with Crippen molar-refractivity contribution >= 4 is 22.8 Å². The lowest BCUT2D eigenvalue weighted by atomic mass is 9.87. The number of amides is 1. The molecule has 0 spiro atoms. The first-order chi connectivity index (χ1) is 15.5. The number of nitrogens with zero attached hydrogens (tertiary/aromatic N) is 2. The minimum Gasteiger partial charge on any atom is -0.466 e. The van der Waals surface area contributed by atoms with Crippen LogP contribution in [0.2, 0.25) is 0 Å². The molecule has 168 valence electrons. The van der Waals surface area contributed by atoms with Gasteiger partial charge in [0.05, 0.1) is 12.5 Å². The average molecular weight is 433 g/mol. The van der Waals surface area contributed by atoms with Crippen molar-refractivity contribution in [1.82, 2.24) is 9.47 Å². The van der Waals surface area contributed by atoms with E-state index in [0.29, 0.717) is 26.1 Å². The van der Waals surface area contributed by atoms with Gasteiger partial charge in [-0.1, -0.05) is 48.0 Å². The smallest absolute Gasteiger partial charge is 0.310 e. The third-order valence-corrected chi connectivity index (χ3v) is 6.56. The van der Waals surface area contributed by atoms with E-state index in [2.05, 4.69) is 67.2 Å². The van der Waals surface area contributed by atoms with Crippen LogP contribution in [0.4, 0.5) is 0 Å². The number of carbonyl (C=O) groups excluding carboxylic acids is 2. The molecule has 0 saturated carbocycles. The number of ether oxygens (including phenoxy) is 1. The highest BCUT2D eigenvalue weighted by atomic mass is 16.5. The highest BCUT2D eigenvalue weighted by Gasteiger charge is 2.31. The summed E-state index contributed by atoms with van der Waals surface area (Å²) in [6.07, 6.45) is 4.15. The van der Waals surface area contributed by atoms with Crippen molar-refractivity contribution in [3.63, 3.8) is 0 Å². The number of aromatic nitrogens is 1. The summed E-state index contributed by atoms with van der Waals surface area (Å²) in [6, 6.07) is 16.8. The zero-order chi connectivity index (χ0) is 22.7. The number of likely N-dealkylation sites (tertiary alicyclic amines) is 1. The van der Waals surface area contributed by atoms with Gasteiger partial charge in [-0.15, -0.1) is 0 Å². The number of esters is 1. The van der Waals surface area contributed by atoms with Crippen molar-refractivity contribution < 1.29 is 14.3 Å². The molecule has 1 aromatic heterocycles. The maximum Gasteiger partial charge on any atom is 0.310 e. The average Bonchev–Trinajstić information content (AvgIpc) is 3.15. The van der Waals surface area contributed by atoms with Gasteiger partial charge in [-0.3, -0.25) is 9.59 Å². The number of fused-ring (bicyclic) bond motifs is 1. The maximum absolute atomic E-state index is 13.5. The fraction of sp³-hybridized carbons (Fsp3) is 0.407. The van der Waals surface area contributed by atoms with Crippen LogP contribution >= 0.6 is 0 Å². The molecule has 1 aliphatic heterocycles. The van der Waals surface area contributed by atoms with Gasteiger partial charge < -0.3 is 14.2 Å². The minimum atomic E-state index is -0.219. The van der Waals surface area contributed by atoms with Crippen LogP contribution in [-0.2, 0) is 21.4 Å². The van der Waals surface area contributed by atoms with Gasteiger partial charge in [0.25, 0.3) is 0 Å². The molecule has 4 rings (SSSR count). The van der Waals surface area contributed by atoms with Crippen LogP contribution in [0.1, 0.15) is 48.8 Å². The molecule has 1 aliphatic rings. The molecule has 0 bridgehead atoms. The van der Waals surface area contributed by atoms with Crippen LogP contribution in [0, 0.1) is 12.8 Å². The Morgan fingerprint density at radius 2 is 1.88 bits per heavy atom. The predicted molar refractivity (Wildman–Crippen MR) is 126 cm³/mol. The molecule has 2 aromatic carbocycles. The van der Waals surface area contributed by atoms with Gasteiger partial charge in [0.1, 0.15) is 0 Å². The van der Waals surface area contributed by atoms with E-state index in [1.54, 1.807) is 0 Å². The van der Waals surface area contributed by atoms with Crippen LogP contribution in [-0.4, -0.2) is 41.0 Å². The Hall–Kier alpha value is -3.08. The molecule has 0 N–H and O–H groups in total. The molecule has 5 heteroatoms. The molecular weight excluding hydrogens is 400 g/mol. The number of benzene rings is 2. The normalized spacial score (nSPS) is 17.3. The lowest BCUT2D eigenvalue weighted by Gasteiger charge is -2.32. The van der Waals surface area contributed by atoms with E-state index in [9.17, 15) is 9.59 Å². The lowest BCUT2D eigenvalue weighted by molar-refractivity contribution is -0.151. The van der Waals surface area contributed by atoms with E-state index >= 15 is 0 Å². The first kappa shape index (κ1) is 22.1. The van der Waals surface area contributed by atoms with Crippen LogP contribution in [0.25, 0.3) is 10.9 Å². The van der Waals surface area contributed by atoms with Gasteiger partial charge in [-0.05, 0) is 43.9 Å². The third kappa shape index (κ3) is 4.57. The van der Waals surface area contributed by atoms with Crippen LogP contribution in [0.3, 0.4) is 0 Å². The zero-order valence-corrected chi connectivity index (χ0v) is 19.2. The summed E-state index contributed by atoms with van der Waals surface area (Å²) in [5.41, 5.74) is 4.66. The van der Waals surface area contributed by atoms with Crippen molar-refractivity contribution in [1.29, 1.82) is 0 Å². The standard InChI is InChI=1S/C27H32N2O3/c1-4-32-27(31)21-8-7-15-29(17-21)26(30)16-23(20-13-11-19(2)12-14-20)24-18-28(3)25-10-6-5-9-22(24)25/h5-6,9-14,18,21,23H,4,7-8,15-17H2,1-3H3/t21-,23+/m1/s1. The van der Waals surface area contributed by atoms with Crippen LogP contribution < -0.4 is 0 Å². The molecule has 2 heterocycles. The van der Waals surface area contributed by atoms with Gasteiger partial charge in [0, 0.05) is 49.6 Å². The summed E-state index contributed by atoms with van der Waals surface area (Å²) in [4.78, 5) is 27.6. The molecular formula is C27H32N2O3. The number of rotatable bonds is 6. The van der Waals surface area contributed by atoms with Crippen molar-refractivity contribution in [2.75, 3.05) is 19.7 Å². The van der Waals surface area contributed by atoms with Crippen molar-refractivity contribution in [2.24, 2.45) is 13.0 Å². The summed E-state index contributed by atoms with van der Waals surface area (Å²) < 4.78 is 7.34. The fourth-order valence-corrected chi connectivity index (χ4v) is 4.82. The van der Waals surface area contributed by atoms with Crippen LogP contribution in [0.5, 0.6) is 0 Å². The van der Waals surface area contributed by atoms with E-state index in [4.69, 9.17) is 4.74 Å². The zero-order valence-electron chi connectivity index (χ0n) is 19.2. The number of carbonyl (C=O) groups is 2. The molecule has 0 unspecified atom stereocenters. The first-order valence-electron chi connectivity index (χ1n) is 11.5. The topological polar surface area (TPSA) is 51.5 Å². The van der Waals surface area contributed by atoms with E-state index in [1.807, 2.05) is 17.9 Å². The molecule has 1 amide bonds. The van der Waals surface area contributed by atoms with E-state index in [0.717, 1.165) is 23.9 Å². The second kappa shape index (κ2) is 9.60. The van der Waals surface area contributed by atoms with Gasteiger partial charge in [0.15, 0.2) is 0 Å². The SMILES string of the molecule is CCOC(=O)[C@@H]1CCCN(C(=O)C[C@@H](c2ccc(C)cc2)c2cn(C)c3ccccc23)C1. The number of hydrogen-bond acceptors (Lipinski definition) is 3. The Morgan fingerprint density at radius 3 is 2.62 bits per heavy atom. The summed E-state index contributed by atoms with van der Waals surface area (Å²) in [5.74, 6) is -0.355. The quantitative estimate of drug-likeness (QED) is 0.525. The summed E-state index contributed by atoms with van der Waals surface area (Å²) in [7, 11) is 2.05. The van der Waals surface area contributed by atoms with Gasteiger partial charge >= 0.3 is 5.97 Å². The van der Waals surface area contributed by atoms with Gasteiger partial charge in [0.2, 0.25) is 5.91 Å². The Morgan fingerprint density at radius 1 is 1.12 bits per heavy atom. The molecule has 1 fully saturated rings. The Bertz CT molecular complexity index is 1100. The third-order valence-electron chi connectivity index (χ3n) is 6.56. The molecule has 3 aromatic rings. The minimum absolute atomic E-state index is 0.0443. The molecule has 2 atom stereocenters. The summed E-state index contributed by atoms with van der Waals surface area (Å²) >= 11 is 0. The number of piperidine rings is 1. The fourth-order valence-electron chi connectivity index (χ4n) is 4.82. The Labute approximate surface area is 190 Å². The van der Waals surface area contributed by atoms with Crippen molar-refractivity contribution in [2.45, 2.75) is 39.0 Å². The summed E-state index contributed by atoms with van der Waals surface area (Å²) in [5, 5.41) is 1.18.